The fourth-order valence-electron chi connectivity index (χ4n) is 1.76. The summed E-state index contributed by atoms with van der Waals surface area (Å²) in [5.41, 5.74) is 3.37. The van der Waals surface area contributed by atoms with Crippen LogP contribution >= 0.6 is 12.2 Å². The lowest BCUT2D eigenvalue weighted by Crippen LogP contribution is -2.27. The van der Waals surface area contributed by atoms with Crippen molar-refractivity contribution in [2.45, 2.75) is 13.5 Å². The van der Waals surface area contributed by atoms with Crippen molar-refractivity contribution >= 4 is 29.0 Å². The maximum atomic E-state index is 10.8. The summed E-state index contributed by atoms with van der Waals surface area (Å²) in [4.78, 5) is 10.8. The van der Waals surface area contributed by atoms with Gasteiger partial charge in [-0.1, -0.05) is 29.8 Å². The van der Waals surface area contributed by atoms with Gasteiger partial charge in [0.05, 0.1) is 5.56 Å². The van der Waals surface area contributed by atoms with Crippen molar-refractivity contribution in [2.24, 2.45) is 0 Å². The van der Waals surface area contributed by atoms with Crippen LogP contribution in [0.5, 0.6) is 0 Å². The molecule has 0 bridgehead atoms. The molecule has 0 saturated carbocycles. The van der Waals surface area contributed by atoms with Gasteiger partial charge in [0.1, 0.15) is 0 Å². The Morgan fingerprint density at radius 2 is 1.71 bits per heavy atom. The minimum absolute atomic E-state index is 0.277. The van der Waals surface area contributed by atoms with Crippen LogP contribution < -0.4 is 10.6 Å². The fourth-order valence-corrected chi connectivity index (χ4v) is 1.95. The van der Waals surface area contributed by atoms with E-state index in [0.29, 0.717) is 11.7 Å². The van der Waals surface area contributed by atoms with Gasteiger partial charge < -0.3 is 15.7 Å². The van der Waals surface area contributed by atoms with E-state index >= 15 is 0 Å². The number of hydrogen-bond donors (Lipinski definition) is 3. The molecule has 0 atom stereocenters. The van der Waals surface area contributed by atoms with Gasteiger partial charge in [0.15, 0.2) is 5.11 Å². The summed E-state index contributed by atoms with van der Waals surface area (Å²) in [6.07, 6.45) is 0. The van der Waals surface area contributed by atoms with Gasteiger partial charge in [0.25, 0.3) is 0 Å². The zero-order chi connectivity index (χ0) is 15.2. The molecule has 2 aromatic carbocycles. The second-order valence-corrected chi connectivity index (χ2v) is 5.08. The standard InChI is InChI=1S/C16H16N2O2S/c1-11-2-8-14(9-3-11)18-16(21)17-10-12-4-6-13(7-5-12)15(19)20/h2-9H,10H2,1H3,(H,19,20)(H2,17,18,21). The van der Waals surface area contributed by atoms with Gasteiger partial charge in [0, 0.05) is 12.2 Å². The molecular formula is C16H16N2O2S. The van der Waals surface area contributed by atoms with Crippen LogP contribution in [0.1, 0.15) is 21.5 Å². The normalized spacial score (nSPS) is 9.95. The Kier molecular flexibility index (Phi) is 4.90. The van der Waals surface area contributed by atoms with Crippen molar-refractivity contribution in [3.8, 4) is 0 Å². The quantitative estimate of drug-likeness (QED) is 0.757. The molecular weight excluding hydrogens is 284 g/mol. The van der Waals surface area contributed by atoms with E-state index in [2.05, 4.69) is 10.6 Å². The molecule has 0 aliphatic heterocycles. The number of benzene rings is 2. The highest BCUT2D eigenvalue weighted by Gasteiger charge is 2.02. The molecule has 2 aromatic rings. The molecule has 0 saturated heterocycles. The molecule has 0 aromatic heterocycles. The van der Waals surface area contributed by atoms with Gasteiger partial charge in [-0.2, -0.15) is 0 Å². The van der Waals surface area contributed by atoms with E-state index in [1.807, 2.05) is 31.2 Å². The SMILES string of the molecule is Cc1ccc(NC(=S)NCc2ccc(C(=O)O)cc2)cc1. The first-order valence-electron chi connectivity index (χ1n) is 6.48. The molecule has 0 radical (unpaired) electrons. The molecule has 0 heterocycles. The van der Waals surface area contributed by atoms with Crippen molar-refractivity contribution < 1.29 is 9.90 Å². The van der Waals surface area contributed by atoms with Crippen LogP contribution in [-0.2, 0) is 6.54 Å². The Balaban J connectivity index is 1.86. The Morgan fingerprint density at radius 3 is 2.29 bits per heavy atom. The van der Waals surface area contributed by atoms with Crippen LogP contribution in [0.4, 0.5) is 5.69 Å². The maximum Gasteiger partial charge on any atom is 0.335 e. The average Bonchev–Trinajstić information content (AvgIpc) is 2.48. The van der Waals surface area contributed by atoms with Gasteiger partial charge in [-0.05, 0) is 49.0 Å². The topological polar surface area (TPSA) is 61.4 Å². The second-order valence-electron chi connectivity index (χ2n) is 4.68. The number of rotatable bonds is 4. The molecule has 0 aliphatic rings. The molecule has 0 fully saturated rings. The predicted octanol–water partition coefficient (Wildman–Crippen LogP) is 3.18. The first kappa shape index (κ1) is 15.0. The smallest absolute Gasteiger partial charge is 0.335 e. The Bertz CT molecular complexity index is 636. The van der Waals surface area contributed by atoms with Crippen LogP contribution in [-0.4, -0.2) is 16.2 Å². The zero-order valence-electron chi connectivity index (χ0n) is 11.6. The number of aryl methyl sites for hydroxylation is 1. The number of anilines is 1. The van der Waals surface area contributed by atoms with Crippen molar-refractivity contribution in [3.05, 3.63) is 65.2 Å². The number of thiocarbonyl (C=S) groups is 1. The molecule has 4 nitrogen and oxygen atoms in total. The van der Waals surface area contributed by atoms with Crippen molar-refractivity contribution in [3.63, 3.8) is 0 Å². The largest absolute Gasteiger partial charge is 0.478 e. The Morgan fingerprint density at radius 1 is 1.10 bits per heavy atom. The summed E-state index contributed by atoms with van der Waals surface area (Å²) in [7, 11) is 0. The first-order valence-corrected chi connectivity index (χ1v) is 6.89. The molecule has 21 heavy (non-hydrogen) atoms. The van der Waals surface area contributed by atoms with Gasteiger partial charge in [-0.3, -0.25) is 0 Å². The van der Waals surface area contributed by atoms with Crippen molar-refractivity contribution in [2.75, 3.05) is 5.32 Å². The molecule has 5 heteroatoms. The van der Waals surface area contributed by atoms with Gasteiger partial charge in [-0.25, -0.2) is 4.79 Å². The lowest BCUT2D eigenvalue weighted by molar-refractivity contribution is 0.0697. The fraction of sp³-hybridized carbons (Fsp3) is 0.125. The molecule has 0 unspecified atom stereocenters. The molecule has 3 N–H and O–H groups in total. The highest BCUT2D eigenvalue weighted by atomic mass is 32.1. The number of carboxylic acid groups (broad SMARTS) is 1. The van der Waals surface area contributed by atoms with Crippen LogP contribution in [0.2, 0.25) is 0 Å². The molecule has 0 amide bonds. The van der Waals surface area contributed by atoms with E-state index in [4.69, 9.17) is 17.3 Å². The predicted molar refractivity (Wildman–Crippen MR) is 87.6 cm³/mol. The number of carbonyl (C=O) groups is 1. The van der Waals surface area contributed by atoms with E-state index in [9.17, 15) is 4.79 Å². The van der Waals surface area contributed by atoms with Crippen molar-refractivity contribution in [1.29, 1.82) is 0 Å². The Labute approximate surface area is 128 Å². The summed E-state index contributed by atoms with van der Waals surface area (Å²) >= 11 is 5.22. The summed E-state index contributed by atoms with van der Waals surface area (Å²) in [6.45, 7) is 2.57. The number of nitrogens with one attached hydrogen (secondary N) is 2. The average molecular weight is 300 g/mol. The monoisotopic (exact) mass is 300 g/mol. The Hall–Kier alpha value is -2.40. The van der Waals surface area contributed by atoms with E-state index in [1.54, 1.807) is 24.3 Å². The highest BCUT2D eigenvalue weighted by molar-refractivity contribution is 7.80. The molecule has 108 valence electrons. The lowest BCUT2D eigenvalue weighted by Gasteiger charge is -2.11. The third-order valence-corrected chi connectivity index (χ3v) is 3.21. The summed E-state index contributed by atoms with van der Waals surface area (Å²) in [6, 6.07) is 14.6. The minimum Gasteiger partial charge on any atom is -0.478 e. The second kappa shape index (κ2) is 6.85. The zero-order valence-corrected chi connectivity index (χ0v) is 12.4. The maximum absolute atomic E-state index is 10.8. The summed E-state index contributed by atoms with van der Waals surface area (Å²) < 4.78 is 0. The van der Waals surface area contributed by atoms with Crippen LogP contribution in [0.15, 0.2) is 48.5 Å². The van der Waals surface area contributed by atoms with Gasteiger partial charge in [-0.15, -0.1) is 0 Å². The number of carboxylic acids is 1. The highest BCUT2D eigenvalue weighted by Crippen LogP contribution is 2.08. The van der Waals surface area contributed by atoms with E-state index in [1.165, 1.54) is 5.56 Å². The van der Waals surface area contributed by atoms with E-state index in [-0.39, 0.29) is 5.56 Å². The molecule has 0 aliphatic carbocycles. The molecule has 0 spiro atoms. The molecule has 2 rings (SSSR count). The third kappa shape index (κ3) is 4.57. The van der Waals surface area contributed by atoms with Crippen LogP contribution in [0.25, 0.3) is 0 Å². The van der Waals surface area contributed by atoms with Crippen molar-refractivity contribution in [1.82, 2.24) is 5.32 Å². The van der Waals surface area contributed by atoms with Gasteiger partial charge in [0.2, 0.25) is 0 Å². The van der Waals surface area contributed by atoms with Gasteiger partial charge >= 0.3 is 5.97 Å². The van der Waals surface area contributed by atoms with Crippen LogP contribution in [0, 0.1) is 6.92 Å². The lowest BCUT2D eigenvalue weighted by atomic mass is 10.1. The third-order valence-electron chi connectivity index (χ3n) is 2.96. The van der Waals surface area contributed by atoms with E-state index < -0.39 is 5.97 Å². The summed E-state index contributed by atoms with van der Waals surface area (Å²) in [5.74, 6) is -0.925. The van der Waals surface area contributed by atoms with E-state index in [0.717, 1.165) is 11.3 Å². The minimum atomic E-state index is -0.925. The number of hydrogen-bond acceptors (Lipinski definition) is 2. The first-order chi connectivity index (χ1) is 10.0. The summed E-state index contributed by atoms with van der Waals surface area (Å²) in [5, 5.41) is 15.5. The van der Waals surface area contributed by atoms with Crippen LogP contribution in [0.3, 0.4) is 0 Å². The number of aromatic carboxylic acids is 1.